The molecule has 1 aromatic carbocycles. The van der Waals surface area contributed by atoms with Crippen molar-refractivity contribution in [2.24, 2.45) is 7.05 Å². The van der Waals surface area contributed by atoms with Crippen molar-refractivity contribution in [3.63, 3.8) is 0 Å². The lowest BCUT2D eigenvalue weighted by Gasteiger charge is -2.06. The van der Waals surface area contributed by atoms with E-state index >= 15 is 0 Å². The van der Waals surface area contributed by atoms with Crippen LogP contribution in [-0.4, -0.2) is 25.3 Å². The first-order chi connectivity index (χ1) is 10.0. The summed E-state index contributed by atoms with van der Waals surface area (Å²) in [6.45, 7) is 0. The van der Waals surface area contributed by atoms with Gasteiger partial charge in [0.2, 0.25) is 5.16 Å². The van der Waals surface area contributed by atoms with Gasteiger partial charge in [0.15, 0.2) is 0 Å². The number of aromatic hydroxyl groups is 1. The fourth-order valence-electron chi connectivity index (χ4n) is 1.84. The van der Waals surface area contributed by atoms with Gasteiger partial charge in [0.1, 0.15) is 11.3 Å². The van der Waals surface area contributed by atoms with E-state index in [0.717, 1.165) is 5.56 Å². The Morgan fingerprint density at radius 3 is 2.95 bits per heavy atom. The Morgan fingerprint density at radius 2 is 2.24 bits per heavy atom. The van der Waals surface area contributed by atoms with Crippen LogP contribution in [0.4, 0.5) is 0 Å². The summed E-state index contributed by atoms with van der Waals surface area (Å²) in [5.74, 6) is 0.340. The molecule has 0 aliphatic heterocycles. The summed E-state index contributed by atoms with van der Waals surface area (Å²) in [5, 5.41) is 22.2. The normalized spacial score (nSPS) is 11.1. The highest BCUT2D eigenvalue weighted by Crippen LogP contribution is 2.31. The highest BCUT2D eigenvalue weighted by atomic mass is 35.5. The van der Waals surface area contributed by atoms with E-state index < -0.39 is 5.63 Å². The van der Waals surface area contributed by atoms with Crippen LogP contribution < -0.4 is 5.63 Å². The van der Waals surface area contributed by atoms with Crippen LogP contribution in [0.1, 0.15) is 5.56 Å². The zero-order valence-corrected chi connectivity index (χ0v) is 12.4. The van der Waals surface area contributed by atoms with Gasteiger partial charge in [-0.2, -0.15) is 0 Å². The first-order valence-corrected chi connectivity index (χ1v) is 7.21. The number of phenols is 1. The molecule has 21 heavy (non-hydrogen) atoms. The third-order valence-corrected chi connectivity index (χ3v) is 4.20. The second-order valence-corrected chi connectivity index (χ2v) is 5.61. The number of nitrogens with zero attached hydrogens (tertiary/aromatic N) is 4. The van der Waals surface area contributed by atoms with Crippen LogP contribution in [0.2, 0.25) is 5.02 Å². The summed E-state index contributed by atoms with van der Waals surface area (Å²) in [4.78, 5) is 11.6. The molecule has 0 bridgehead atoms. The Labute approximate surface area is 127 Å². The third kappa shape index (κ3) is 2.72. The molecule has 3 rings (SSSR count). The molecule has 0 radical (unpaired) electrons. The highest BCUT2D eigenvalue weighted by Gasteiger charge is 2.11. The average molecular weight is 325 g/mol. The molecule has 1 N–H and O–H groups in total. The highest BCUT2D eigenvalue weighted by molar-refractivity contribution is 7.98. The molecule has 9 heteroatoms. The second-order valence-electron chi connectivity index (χ2n) is 4.26. The lowest BCUT2D eigenvalue weighted by atomic mass is 10.1. The summed E-state index contributed by atoms with van der Waals surface area (Å²) in [6.07, 6.45) is 0. The van der Waals surface area contributed by atoms with E-state index in [9.17, 15) is 9.90 Å². The molecular formula is C12H9ClN4O3S. The van der Waals surface area contributed by atoms with Crippen LogP contribution >= 0.6 is 23.4 Å². The Balaban J connectivity index is 2.03. The van der Waals surface area contributed by atoms with Crippen LogP contribution in [0, 0.1) is 0 Å². The van der Waals surface area contributed by atoms with Gasteiger partial charge in [-0.05, 0) is 22.1 Å². The standard InChI is InChI=1S/C12H9ClN4O3S/c1-17-12(14-15-16-17)21-5-6-2-11(19)20-10-4-9(18)8(13)3-7(6)10/h2-4,18H,5H2,1H3. The number of hydrogen-bond donors (Lipinski definition) is 1. The second kappa shape index (κ2) is 5.38. The van der Waals surface area contributed by atoms with Gasteiger partial charge in [-0.1, -0.05) is 23.4 Å². The number of aromatic nitrogens is 4. The number of thioether (sulfide) groups is 1. The smallest absolute Gasteiger partial charge is 0.336 e. The maximum absolute atomic E-state index is 11.6. The van der Waals surface area contributed by atoms with Crippen molar-refractivity contribution < 1.29 is 9.52 Å². The molecule has 3 aromatic rings. The average Bonchev–Trinajstić information content (AvgIpc) is 2.83. The topological polar surface area (TPSA) is 94.0 Å². The zero-order valence-electron chi connectivity index (χ0n) is 10.8. The minimum absolute atomic E-state index is 0.130. The molecule has 0 spiro atoms. The van der Waals surface area contributed by atoms with Crippen molar-refractivity contribution in [2.75, 3.05) is 0 Å². The zero-order chi connectivity index (χ0) is 15.0. The van der Waals surface area contributed by atoms with Gasteiger partial charge >= 0.3 is 5.63 Å². The van der Waals surface area contributed by atoms with Crippen molar-refractivity contribution in [2.45, 2.75) is 10.9 Å². The van der Waals surface area contributed by atoms with Crippen LogP contribution in [0.3, 0.4) is 0 Å². The van der Waals surface area contributed by atoms with Gasteiger partial charge < -0.3 is 9.52 Å². The van der Waals surface area contributed by atoms with Gasteiger partial charge in [0.25, 0.3) is 0 Å². The fraction of sp³-hybridized carbons (Fsp3) is 0.167. The first-order valence-electron chi connectivity index (χ1n) is 5.85. The maximum Gasteiger partial charge on any atom is 0.336 e. The van der Waals surface area contributed by atoms with E-state index in [0.29, 0.717) is 16.3 Å². The molecule has 0 unspecified atom stereocenters. The monoisotopic (exact) mass is 324 g/mol. The van der Waals surface area contributed by atoms with Gasteiger partial charge in [-0.15, -0.1) is 5.10 Å². The Bertz CT molecular complexity index is 877. The van der Waals surface area contributed by atoms with Crippen molar-refractivity contribution in [3.05, 3.63) is 39.2 Å². The Kier molecular flexibility index (Phi) is 3.56. The quantitative estimate of drug-likeness (QED) is 0.581. The van der Waals surface area contributed by atoms with Gasteiger partial charge in [-0.3, -0.25) is 0 Å². The molecule has 0 aliphatic rings. The van der Waals surface area contributed by atoms with Gasteiger partial charge in [0.05, 0.1) is 5.02 Å². The van der Waals surface area contributed by atoms with Crippen molar-refractivity contribution in [1.29, 1.82) is 0 Å². The summed E-state index contributed by atoms with van der Waals surface area (Å²) in [7, 11) is 1.73. The van der Waals surface area contributed by atoms with Gasteiger partial charge in [0, 0.05) is 30.3 Å². The summed E-state index contributed by atoms with van der Waals surface area (Å²) in [5.41, 5.74) is 0.531. The first kappa shape index (κ1) is 13.9. The molecule has 0 aliphatic carbocycles. The number of tetrazole rings is 1. The molecule has 2 heterocycles. The number of hydrogen-bond acceptors (Lipinski definition) is 7. The van der Waals surface area contributed by atoms with E-state index in [-0.39, 0.29) is 16.4 Å². The molecular weight excluding hydrogens is 316 g/mol. The fourth-order valence-corrected chi connectivity index (χ4v) is 2.85. The SMILES string of the molecule is Cn1nnnc1SCc1cc(=O)oc2cc(O)c(Cl)cc12. The van der Waals surface area contributed by atoms with Crippen LogP contribution in [0.15, 0.2) is 32.6 Å². The molecule has 7 nitrogen and oxygen atoms in total. The van der Waals surface area contributed by atoms with Crippen molar-refractivity contribution in [1.82, 2.24) is 20.2 Å². The minimum atomic E-state index is -0.490. The number of phenolic OH excluding ortho intramolecular Hbond substituents is 1. The lowest BCUT2D eigenvalue weighted by Crippen LogP contribution is -2.00. The molecule has 0 amide bonds. The predicted molar refractivity (Wildman–Crippen MR) is 77.5 cm³/mol. The molecule has 0 saturated carbocycles. The van der Waals surface area contributed by atoms with Crippen LogP contribution in [0.5, 0.6) is 5.75 Å². The molecule has 108 valence electrons. The largest absolute Gasteiger partial charge is 0.506 e. The van der Waals surface area contributed by atoms with E-state index in [1.807, 2.05) is 0 Å². The molecule has 0 atom stereocenters. The maximum atomic E-state index is 11.6. The van der Waals surface area contributed by atoms with Crippen LogP contribution in [-0.2, 0) is 12.8 Å². The van der Waals surface area contributed by atoms with Gasteiger partial charge in [-0.25, -0.2) is 9.48 Å². The van der Waals surface area contributed by atoms with E-state index in [1.165, 1.54) is 28.6 Å². The van der Waals surface area contributed by atoms with Crippen molar-refractivity contribution >= 4 is 34.3 Å². The third-order valence-electron chi connectivity index (χ3n) is 2.84. The molecule has 0 fully saturated rings. The number of aryl methyl sites for hydroxylation is 1. The number of halogens is 1. The van der Waals surface area contributed by atoms with E-state index in [1.54, 1.807) is 13.1 Å². The van der Waals surface area contributed by atoms with E-state index in [4.69, 9.17) is 16.0 Å². The van der Waals surface area contributed by atoms with Crippen molar-refractivity contribution in [3.8, 4) is 5.75 Å². The lowest BCUT2D eigenvalue weighted by molar-refractivity contribution is 0.473. The van der Waals surface area contributed by atoms with E-state index in [2.05, 4.69) is 15.5 Å². The van der Waals surface area contributed by atoms with Crippen LogP contribution in [0.25, 0.3) is 11.0 Å². The summed E-state index contributed by atoms with van der Waals surface area (Å²) >= 11 is 7.29. The number of fused-ring (bicyclic) bond motifs is 1. The molecule has 0 saturated heterocycles. The Morgan fingerprint density at radius 1 is 1.43 bits per heavy atom. The predicted octanol–water partition coefficient (Wildman–Crippen LogP) is 1.97. The summed E-state index contributed by atoms with van der Waals surface area (Å²) in [6, 6.07) is 4.30. The summed E-state index contributed by atoms with van der Waals surface area (Å²) < 4.78 is 6.61. The minimum Gasteiger partial charge on any atom is -0.506 e. The number of rotatable bonds is 3. The number of benzene rings is 1. The Hall–Kier alpha value is -2.06. The molecule has 2 aromatic heterocycles.